The first-order valence-corrected chi connectivity index (χ1v) is 8.21. The number of hydrogen-bond acceptors (Lipinski definition) is 3. The first-order valence-electron chi connectivity index (χ1n) is 8.21. The third kappa shape index (κ3) is 5.64. The molecule has 0 aromatic heterocycles. The number of rotatable bonds is 7. The summed E-state index contributed by atoms with van der Waals surface area (Å²) in [6, 6.07) is 10.4. The molecule has 0 fully saturated rings. The summed E-state index contributed by atoms with van der Waals surface area (Å²) in [5, 5.41) is 0. The minimum absolute atomic E-state index is 0.0547. The lowest BCUT2D eigenvalue weighted by Gasteiger charge is -2.23. The van der Waals surface area contributed by atoms with Gasteiger partial charge in [-0.05, 0) is 48.4 Å². The molecule has 0 N–H and O–H groups in total. The molecule has 28 heavy (non-hydrogen) atoms. The molecule has 3 nitrogen and oxygen atoms in total. The normalized spacial score (nSPS) is 13.1. The van der Waals surface area contributed by atoms with Crippen molar-refractivity contribution in [2.75, 3.05) is 0 Å². The maximum absolute atomic E-state index is 13.2. The largest absolute Gasteiger partial charge is 0.439 e. The fourth-order valence-corrected chi connectivity index (χ4v) is 2.24. The van der Waals surface area contributed by atoms with Crippen molar-refractivity contribution < 1.29 is 40.6 Å². The van der Waals surface area contributed by atoms with E-state index in [-0.39, 0.29) is 11.3 Å². The molecule has 2 rings (SSSR count). The van der Waals surface area contributed by atoms with Crippen LogP contribution in [0.1, 0.15) is 29.3 Å². The molecule has 0 radical (unpaired) electrons. The van der Waals surface area contributed by atoms with Crippen molar-refractivity contribution in [3.8, 4) is 11.5 Å². The van der Waals surface area contributed by atoms with Gasteiger partial charge >= 0.3 is 18.3 Å². The third-order valence-corrected chi connectivity index (χ3v) is 3.60. The Hall–Kier alpha value is -2.71. The minimum Gasteiger partial charge on any atom is -0.430 e. The molecule has 1 unspecified atom stereocenters. The highest BCUT2D eigenvalue weighted by molar-refractivity contribution is 5.91. The highest BCUT2D eigenvalue weighted by Gasteiger charge is 2.59. The summed E-state index contributed by atoms with van der Waals surface area (Å²) >= 11 is 0. The lowest BCUT2D eigenvalue weighted by molar-refractivity contribution is -0.304. The fourth-order valence-electron chi connectivity index (χ4n) is 2.24. The average molecular weight is 406 g/mol. The van der Waals surface area contributed by atoms with Crippen molar-refractivity contribution in [3.05, 3.63) is 59.7 Å². The van der Waals surface area contributed by atoms with Gasteiger partial charge < -0.3 is 9.47 Å². The molecule has 0 amide bonds. The summed E-state index contributed by atoms with van der Waals surface area (Å²) in [4.78, 5) is 12.0. The molecule has 0 bridgehead atoms. The van der Waals surface area contributed by atoms with E-state index < -0.39 is 30.2 Å². The van der Waals surface area contributed by atoms with Crippen LogP contribution in [-0.2, 0) is 6.42 Å². The Bertz CT molecular complexity index is 785. The highest BCUT2D eigenvalue weighted by atomic mass is 19.4. The van der Waals surface area contributed by atoms with Gasteiger partial charge in [-0.25, -0.2) is 9.18 Å². The van der Waals surface area contributed by atoms with E-state index in [2.05, 4.69) is 4.74 Å². The zero-order chi connectivity index (χ0) is 20.9. The van der Waals surface area contributed by atoms with Gasteiger partial charge in [-0.3, -0.25) is 0 Å². The molecule has 0 saturated carbocycles. The van der Waals surface area contributed by atoms with Gasteiger partial charge in [0, 0.05) is 0 Å². The van der Waals surface area contributed by atoms with Crippen LogP contribution in [0, 0.1) is 0 Å². The lowest BCUT2D eigenvalue weighted by atomic mass is 10.1. The molecule has 9 heteroatoms. The summed E-state index contributed by atoms with van der Waals surface area (Å²) in [5.41, 5.74) is 1.01. The van der Waals surface area contributed by atoms with Gasteiger partial charge in [0.25, 0.3) is 6.17 Å². The average Bonchev–Trinajstić information content (AvgIpc) is 2.62. The Kier molecular flexibility index (Phi) is 6.58. The quantitative estimate of drug-likeness (QED) is 0.335. The predicted molar refractivity (Wildman–Crippen MR) is 88.4 cm³/mol. The second kappa shape index (κ2) is 8.53. The van der Waals surface area contributed by atoms with E-state index in [9.17, 15) is 31.1 Å². The summed E-state index contributed by atoms with van der Waals surface area (Å²) in [5.74, 6) is -1.28. The van der Waals surface area contributed by atoms with E-state index in [1.165, 1.54) is 0 Å². The number of ether oxygens (including phenoxy) is 2. The Labute approximate surface area is 156 Å². The van der Waals surface area contributed by atoms with Crippen molar-refractivity contribution in [2.24, 2.45) is 0 Å². The zero-order valence-corrected chi connectivity index (χ0v) is 14.6. The maximum atomic E-state index is 13.2. The number of hydrogen-bond donors (Lipinski definition) is 0. The number of esters is 1. The van der Waals surface area contributed by atoms with Gasteiger partial charge in [0.15, 0.2) is 0 Å². The van der Waals surface area contributed by atoms with E-state index in [1.807, 2.05) is 6.92 Å². The van der Waals surface area contributed by atoms with Crippen LogP contribution in [0.2, 0.25) is 0 Å². The van der Waals surface area contributed by atoms with Crippen LogP contribution >= 0.6 is 0 Å². The van der Waals surface area contributed by atoms with E-state index in [1.54, 1.807) is 24.3 Å². The van der Waals surface area contributed by atoms with E-state index >= 15 is 0 Å². The molecule has 0 aliphatic heterocycles. The second-order valence-electron chi connectivity index (χ2n) is 5.88. The van der Waals surface area contributed by atoms with Crippen LogP contribution in [0.15, 0.2) is 48.5 Å². The van der Waals surface area contributed by atoms with Crippen molar-refractivity contribution in [1.29, 1.82) is 0 Å². The van der Waals surface area contributed by atoms with Gasteiger partial charge in [-0.2, -0.15) is 22.0 Å². The van der Waals surface area contributed by atoms with E-state index in [4.69, 9.17) is 4.74 Å². The Morgan fingerprint density at radius 2 is 1.46 bits per heavy atom. The van der Waals surface area contributed by atoms with Crippen molar-refractivity contribution >= 4 is 5.97 Å². The number of alkyl halides is 6. The minimum atomic E-state index is -5.78. The molecule has 0 spiro atoms. The molecule has 0 aliphatic rings. The molecular formula is C19H16F6O3. The lowest BCUT2D eigenvalue weighted by Crippen LogP contribution is -2.45. The summed E-state index contributed by atoms with van der Waals surface area (Å²) in [7, 11) is 0. The van der Waals surface area contributed by atoms with E-state index in [0.717, 1.165) is 42.7 Å². The molecular weight excluding hydrogens is 390 g/mol. The topological polar surface area (TPSA) is 35.5 Å². The van der Waals surface area contributed by atoms with Crippen molar-refractivity contribution in [2.45, 2.75) is 38.2 Å². The number of aryl methyl sites for hydroxylation is 1. The Balaban J connectivity index is 2.02. The zero-order valence-electron chi connectivity index (χ0n) is 14.6. The number of halogens is 6. The van der Waals surface area contributed by atoms with Gasteiger partial charge in [-0.1, -0.05) is 25.5 Å². The molecule has 2 aromatic carbocycles. The smallest absolute Gasteiger partial charge is 0.430 e. The van der Waals surface area contributed by atoms with Crippen molar-refractivity contribution in [3.63, 3.8) is 0 Å². The summed E-state index contributed by atoms with van der Waals surface area (Å²) in [6.07, 6.45) is -13.5. The molecule has 1 atom stereocenters. The van der Waals surface area contributed by atoms with Crippen LogP contribution in [0.4, 0.5) is 26.3 Å². The second-order valence-corrected chi connectivity index (χ2v) is 5.88. The summed E-state index contributed by atoms with van der Waals surface area (Å²) in [6.45, 7) is 2.02. The van der Waals surface area contributed by atoms with Crippen LogP contribution < -0.4 is 9.47 Å². The van der Waals surface area contributed by atoms with E-state index in [0.29, 0.717) is 0 Å². The van der Waals surface area contributed by atoms with Crippen LogP contribution in [0.3, 0.4) is 0 Å². The fraction of sp³-hybridized carbons (Fsp3) is 0.316. The number of carbonyl (C=O) groups excluding carboxylic acids is 1. The number of carbonyl (C=O) groups is 1. The Morgan fingerprint density at radius 3 is 1.96 bits per heavy atom. The van der Waals surface area contributed by atoms with Crippen molar-refractivity contribution in [1.82, 2.24) is 0 Å². The molecule has 0 saturated heterocycles. The third-order valence-electron chi connectivity index (χ3n) is 3.60. The molecule has 0 heterocycles. The standard InChI is InChI=1S/C19H16F6O3/c1-2-3-12-4-8-14(9-5-12)27-16(26)13-6-10-15(11-7-13)28-19(24,25)17(20)18(21,22)23/h4-11,17H,2-3H2,1H3. The first kappa shape index (κ1) is 21.6. The first-order chi connectivity index (χ1) is 13.0. The predicted octanol–water partition coefficient (Wildman–Crippen LogP) is 5.73. The van der Waals surface area contributed by atoms with Gasteiger partial charge in [0.2, 0.25) is 0 Å². The Morgan fingerprint density at radius 1 is 0.929 bits per heavy atom. The molecule has 2 aromatic rings. The van der Waals surface area contributed by atoms with Crippen LogP contribution in [0.5, 0.6) is 11.5 Å². The molecule has 152 valence electrons. The molecule has 0 aliphatic carbocycles. The maximum Gasteiger partial charge on any atom is 0.439 e. The van der Waals surface area contributed by atoms with Crippen LogP contribution in [-0.4, -0.2) is 24.4 Å². The van der Waals surface area contributed by atoms with Gasteiger partial charge in [-0.15, -0.1) is 0 Å². The summed E-state index contributed by atoms with van der Waals surface area (Å²) < 4.78 is 84.5. The van der Waals surface area contributed by atoms with Gasteiger partial charge in [0.1, 0.15) is 11.5 Å². The monoisotopic (exact) mass is 406 g/mol. The number of benzene rings is 2. The van der Waals surface area contributed by atoms with Gasteiger partial charge in [0.05, 0.1) is 5.56 Å². The highest BCUT2D eigenvalue weighted by Crippen LogP contribution is 2.36. The van der Waals surface area contributed by atoms with Crippen LogP contribution in [0.25, 0.3) is 0 Å². The SMILES string of the molecule is CCCc1ccc(OC(=O)c2ccc(OC(F)(F)C(F)C(F)(F)F)cc2)cc1.